The first-order valence-electron chi connectivity index (χ1n) is 5.68. The largest absolute Gasteiger partial charge is 0.416 e. The summed E-state index contributed by atoms with van der Waals surface area (Å²) in [6.07, 6.45) is 0. The summed E-state index contributed by atoms with van der Waals surface area (Å²) in [5.74, 6) is 0.990. The summed E-state index contributed by atoms with van der Waals surface area (Å²) in [6.45, 7) is 0. The minimum absolute atomic E-state index is 0.488. The van der Waals surface area contributed by atoms with Gasteiger partial charge in [-0.2, -0.15) is 0 Å². The van der Waals surface area contributed by atoms with E-state index >= 15 is 0 Å². The lowest BCUT2D eigenvalue weighted by Crippen LogP contribution is -1.80. The molecule has 0 unspecified atom stereocenters. The van der Waals surface area contributed by atoms with Gasteiger partial charge in [0.25, 0.3) is 0 Å². The van der Waals surface area contributed by atoms with Gasteiger partial charge in [0.15, 0.2) is 0 Å². The molecule has 1 heterocycles. The lowest BCUT2D eigenvalue weighted by atomic mass is 10.2. The third kappa shape index (κ3) is 2.87. The van der Waals surface area contributed by atoms with E-state index in [0.717, 1.165) is 24.5 Å². The molecule has 3 nitrogen and oxygen atoms in total. The second kappa shape index (κ2) is 5.79. The molecule has 0 radical (unpaired) electrons. The first kappa shape index (κ1) is 14.0. The molecule has 2 aromatic carbocycles. The second-order valence-electron chi connectivity index (χ2n) is 4.04. The van der Waals surface area contributed by atoms with Gasteiger partial charge in [-0.1, -0.05) is 31.9 Å². The number of halogens is 3. The molecule has 3 aromatic rings. The zero-order chi connectivity index (χ0) is 14.1. The Labute approximate surface area is 140 Å². The van der Waals surface area contributed by atoms with Crippen LogP contribution >= 0.6 is 47.8 Å². The zero-order valence-corrected chi connectivity index (χ0v) is 14.7. The summed E-state index contributed by atoms with van der Waals surface area (Å²) >= 11 is 10.3. The number of nitrogens with zero attached hydrogens (tertiary/aromatic N) is 2. The minimum Gasteiger partial charge on any atom is -0.416 e. The average molecular weight is 459 g/mol. The molecule has 6 heteroatoms. The van der Waals surface area contributed by atoms with E-state index in [2.05, 4.69) is 58.0 Å². The van der Waals surface area contributed by atoms with E-state index in [1.165, 1.54) is 0 Å². The van der Waals surface area contributed by atoms with E-state index in [1.807, 2.05) is 42.5 Å². The predicted octanol–water partition coefficient (Wildman–Crippen LogP) is 5.69. The Kier molecular flexibility index (Phi) is 4.05. The lowest BCUT2D eigenvalue weighted by molar-refractivity contribution is 0.584. The van der Waals surface area contributed by atoms with Crippen LogP contribution in [-0.4, -0.2) is 10.2 Å². The summed E-state index contributed by atoms with van der Waals surface area (Å²) in [6, 6.07) is 13.5. The summed E-state index contributed by atoms with van der Waals surface area (Å²) in [7, 11) is 0. The van der Waals surface area contributed by atoms with Gasteiger partial charge in [-0.25, -0.2) is 0 Å². The number of hydrogen-bond donors (Lipinski definition) is 0. The lowest BCUT2D eigenvalue weighted by Gasteiger charge is -1.99. The summed E-state index contributed by atoms with van der Waals surface area (Å²) in [4.78, 5) is 0. The quantitative estimate of drug-likeness (QED) is 0.495. The maximum absolute atomic E-state index is 5.73. The molecule has 3 rings (SSSR count). The van der Waals surface area contributed by atoms with Crippen molar-refractivity contribution in [1.29, 1.82) is 0 Å². The van der Waals surface area contributed by atoms with Crippen LogP contribution in [0.2, 0.25) is 0 Å². The molecule has 0 saturated heterocycles. The fraction of sp³-hybridized carbons (Fsp3) is 0. The maximum Gasteiger partial charge on any atom is 0.249 e. The third-order valence-electron chi connectivity index (χ3n) is 2.68. The molecule has 0 amide bonds. The Balaban J connectivity index is 1.99. The molecular formula is C14H7Br3N2O. The molecule has 1 aromatic heterocycles. The van der Waals surface area contributed by atoms with Crippen LogP contribution in [0, 0.1) is 0 Å². The highest BCUT2D eigenvalue weighted by Crippen LogP contribution is 2.31. The van der Waals surface area contributed by atoms with Crippen LogP contribution in [-0.2, 0) is 0 Å². The topological polar surface area (TPSA) is 38.9 Å². The highest BCUT2D eigenvalue weighted by molar-refractivity contribution is 9.11. The van der Waals surface area contributed by atoms with E-state index in [9.17, 15) is 0 Å². The molecule has 0 aliphatic carbocycles. The molecule has 100 valence electrons. The molecule has 0 atom stereocenters. The number of benzene rings is 2. The van der Waals surface area contributed by atoms with Crippen LogP contribution < -0.4 is 0 Å². The summed E-state index contributed by atoms with van der Waals surface area (Å²) in [5.41, 5.74) is 1.75. The fourth-order valence-corrected chi connectivity index (χ4v) is 3.19. The van der Waals surface area contributed by atoms with Crippen molar-refractivity contribution < 1.29 is 4.42 Å². The normalized spacial score (nSPS) is 10.8. The van der Waals surface area contributed by atoms with E-state index in [-0.39, 0.29) is 0 Å². The van der Waals surface area contributed by atoms with E-state index in [4.69, 9.17) is 4.42 Å². The van der Waals surface area contributed by atoms with Crippen molar-refractivity contribution in [3.63, 3.8) is 0 Å². The summed E-state index contributed by atoms with van der Waals surface area (Å²) in [5, 5.41) is 8.19. The van der Waals surface area contributed by atoms with Crippen molar-refractivity contribution in [2.75, 3.05) is 0 Å². The van der Waals surface area contributed by atoms with Gasteiger partial charge in [0, 0.05) is 19.0 Å². The standard InChI is InChI=1S/C14H7Br3N2O/c15-9-3-1-8(2-4-9)13-18-19-14(20-13)11-6-5-10(16)7-12(11)17/h1-7H. The van der Waals surface area contributed by atoms with Crippen LogP contribution in [0.5, 0.6) is 0 Å². The Morgan fingerprint density at radius 1 is 0.750 bits per heavy atom. The average Bonchev–Trinajstić information content (AvgIpc) is 2.89. The smallest absolute Gasteiger partial charge is 0.249 e. The van der Waals surface area contributed by atoms with Crippen LogP contribution in [0.15, 0.2) is 60.3 Å². The first-order chi connectivity index (χ1) is 9.63. The highest BCUT2D eigenvalue weighted by Gasteiger charge is 2.13. The third-order valence-corrected chi connectivity index (χ3v) is 4.36. The van der Waals surface area contributed by atoms with E-state index < -0.39 is 0 Å². The molecule has 20 heavy (non-hydrogen) atoms. The van der Waals surface area contributed by atoms with Crippen LogP contribution in [0.3, 0.4) is 0 Å². The van der Waals surface area contributed by atoms with Gasteiger partial charge in [-0.3, -0.25) is 0 Å². The predicted molar refractivity (Wildman–Crippen MR) is 88.3 cm³/mol. The summed E-state index contributed by atoms with van der Waals surface area (Å²) < 4.78 is 8.63. The molecule has 0 aliphatic heterocycles. The molecule has 0 aliphatic rings. The second-order valence-corrected chi connectivity index (χ2v) is 6.73. The van der Waals surface area contributed by atoms with E-state index in [1.54, 1.807) is 0 Å². The SMILES string of the molecule is Brc1ccc(-c2nnc(-c3ccc(Br)cc3Br)o2)cc1. The number of rotatable bonds is 2. The van der Waals surface area contributed by atoms with Gasteiger partial charge in [-0.15, -0.1) is 10.2 Å². The molecule has 0 fully saturated rings. The van der Waals surface area contributed by atoms with Gasteiger partial charge in [-0.05, 0) is 58.4 Å². The Bertz CT molecular complexity index is 753. The Morgan fingerprint density at radius 2 is 1.40 bits per heavy atom. The van der Waals surface area contributed by atoms with Gasteiger partial charge in [0.05, 0.1) is 5.56 Å². The van der Waals surface area contributed by atoms with Crippen molar-refractivity contribution in [3.8, 4) is 22.9 Å². The van der Waals surface area contributed by atoms with Crippen molar-refractivity contribution in [2.24, 2.45) is 0 Å². The van der Waals surface area contributed by atoms with Crippen LogP contribution in [0.4, 0.5) is 0 Å². The molecule has 0 spiro atoms. The zero-order valence-electron chi connectivity index (χ0n) is 9.98. The van der Waals surface area contributed by atoms with Crippen molar-refractivity contribution >= 4 is 47.8 Å². The molecule has 0 bridgehead atoms. The van der Waals surface area contributed by atoms with Gasteiger partial charge < -0.3 is 4.42 Å². The Hall–Kier alpha value is -0.980. The first-order valence-corrected chi connectivity index (χ1v) is 8.06. The van der Waals surface area contributed by atoms with Gasteiger partial charge >= 0.3 is 0 Å². The number of aromatic nitrogens is 2. The molecular weight excluding hydrogens is 452 g/mol. The molecule has 0 saturated carbocycles. The molecule has 0 N–H and O–H groups in total. The van der Waals surface area contributed by atoms with Crippen molar-refractivity contribution in [3.05, 3.63) is 55.9 Å². The minimum atomic E-state index is 0.488. The highest BCUT2D eigenvalue weighted by atomic mass is 79.9. The maximum atomic E-state index is 5.73. The Morgan fingerprint density at radius 3 is 2.10 bits per heavy atom. The van der Waals surface area contributed by atoms with E-state index in [0.29, 0.717) is 11.8 Å². The van der Waals surface area contributed by atoms with Crippen molar-refractivity contribution in [2.45, 2.75) is 0 Å². The van der Waals surface area contributed by atoms with Gasteiger partial charge in [0.2, 0.25) is 11.8 Å². The monoisotopic (exact) mass is 456 g/mol. The number of hydrogen-bond acceptors (Lipinski definition) is 3. The van der Waals surface area contributed by atoms with Crippen LogP contribution in [0.1, 0.15) is 0 Å². The fourth-order valence-electron chi connectivity index (χ4n) is 1.70. The van der Waals surface area contributed by atoms with Crippen LogP contribution in [0.25, 0.3) is 22.9 Å². The van der Waals surface area contributed by atoms with Gasteiger partial charge in [0.1, 0.15) is 0 Å². The van der Waals surface area contributed by atoms with Crippen molar-refractivity contribution in [1.82, 2.24) is 10.2 Å².